The van der Waals surface area contributed by atoms with E-state index in [1.54, 1.807) is 11.8 Å². The van der Waals surface area contributed by atoms with Gasteiger partial charge < -0.3 is 5.11 Å². The Balaban J connectivity index is 2.14. The molecular formula is C15H17NOS. The van der Waals surface area contributed by atoms with E-state index < -0.39 is 6.10 Å². The molecule has 1 aromatic carbocycles. The van der Waals surface area contributed by atoms with Gasteiger partial charge in [-0.1, -0.05) is 36.9 Å². The normalized spacial score (nSPS) is 12.4. The van der Waals surface area contributed by atoms with E-state index in [0.717, 1.165) is 10.6 Å². The first-order valence-corrected chi connectivity index (χ1v) is 6.90. The maximum atomic E-state index is 9.68. The SMILES string of the molecule is CC[C@@H](O)c1ccc(Sc2ccccc2C)cn1. The summed E-state index contributed by atoms with van der Waals surface area (Å²) in [6.45, 7) is 4.05. The summed E-state index contributed by atoms with van der Waals surface area (Å²) < 4.78 is 0. The molecule has 0 aliphatic carbocycles. The van der Waals surface area contributed by atoms with Crippen molar-refractivity contribution in [2.45, 2.75) is 36.2 Å². The monoisotopic (exact) mass is 259 g/mol. The summed E-state index contributed by atoms with van der Waals surface area (Å²) in [6, 6.07) is 12.2. The number of rotatable bonds is 4. The van der Waals surface area contributed by atoms with Crippen molar-refractivity contribution < 1.29 is 5.11 Å². The topological polar surface area (TPSA) is 33.1 Å². The van der Waals surface area contributed by atoms with Gasteiger partial charge in [0.15, 0.2) is 0 Å². The molecule has 2 nitrogen and oxygen atoms in total. The van der Waals surface area contributed by atoms with Gasteiger partial charge in [0.2, 0.25) is 0 Å². The molecule has 0 aliphatic rings. The van der Waals surface area contributed by atoms with Crippen LogP contribution in [0.15, 0.2) is 52.4 Å². The van der Waals surface area contributed by atoms with Crippen LogP contribution in [0.5, 0.6) is 0 Å². The van der Waals surface area contributed by atoms with Crippen LogP contribution >= 0.6 is 11.8 Å². The Morgan fingerprint density at radius 2 is 2.00 bits per heavy atom. The zero-order valence-corrected chi connectivity index (χ0v) is 11.4. The average Bonchev–Trinajstić information content (AvgIpc) is 2.41. The van der Waals surface area contributed by atoms with E-state index in [1.807, 2.05) is 37.4 Å². The molecule has 1 aromatic heterocycles. The molecule has 0 bridgehead atoms. The summed E-state index contributed by atoms with van der Waals surface area (Å²) in [4.78, 5) is 6.64. The first-order valence-electron chi connectivity index (χ1n) is 6.08. The zero-order valence-electron chi connectivity index (χ0n) is 10.6. The van der Waals surface area contributed by atoms with Crippen LogP contribution in [-0.2, 0) is 0 Å². The number of pyridine rings is 1. The number of aliphatic hydroxyl groups excluding tert-OH is 1. The Bertz CT molecular complexity index is 510. The molecule has 0 unspecified atom stereocenters. The fourth-order valence-corrected chi connectivity index (χ4v) is 2.53. The van der Waals surface area contributed by atoms with E-state index in [4.69, 9.17) is 0 Å². The minimum atomic E-state index is -0.456. The Hall–Kier alpha value is -1.32. The highest BCUT2D eigenvalue weighted by Crippen LogP contribution is 2.30. The van der Waals surface area contributed by atoms with Gasteiger partial charge >= 0.3 is 0 Å². The lowest BCUT2D eigenvalue weighted by molar-refractivity contribution is 0.169. The second-order valence-electron chi connectivity index (χ2n) is 4.21. The Morgan fingerprint density at radius 1 is 1.22 bits per heavy atom. The summed E-state index contributed by atoms with van der Waals surface area (Å²) in [6.07, 6.45) is 2.06. The van der Waals surface area contributed by atoms with Crippen molar-refractivity contribution in [1.29, 1.82) is 0 Å². The molecule has 18 heavy (non-hydrogen) atoms. The van der Waals surface area contributed by atoms with Gasteiger partial charge in [-0.05, 0) is 37.1 Å². The number of aliphatic hydroxyl groups is 1. The van der Waals surface area contributed by atoms with E-state index in [0.29, 0.717) is 6.42 Å². The number of hydrogen-bond acceptors (Lipinski definition) is 3. The fraction of sp³-hybridized carbons (Fsp3) is 0.267. The lowest BCUT2D eigenvalue weighted by atomic mass is 10.2. The van der Waals surface area contributed by atoms with Gasteiger partial charge in [-0.2, -0.15) is 0 Å². The third-order valence-corrected chi connectivity index (χ3v) is 3.96. The van der Waals surface area contributed by atoms with Crippen molar-refractivity contribution in [3.63, 3.8) is 0 Å². The highest BCUT2D eigenvalue weighted by molar-refractivity contribution is 7.99. The second kappa shape index (κ2) is 6.03. The molecule has 0 fully saturated rings. The predicted molar refractivity (Wildman–Crippen MR) is 74.8 cm³/mol. The molecule has 3 heteroatoms. The Morgan fingerprint density at radius 3 is 2.61 bits per heavy atom. The Labute approximate surface area is 112 Å². The zero-order chi connectivity index (χ0) is 13.0. The van der Waals surface area contributed by atoms with Crippen LogP contribution in [0.3, 0.4) is 0 Å². The molecule has 2 aromatic rings. The minimum Gasteiger partial charge on any atom is -0.387 e. The van der Waals surface area contributed by atoms with Crippen LogP contribution < -0.4 is 0 Å². The Kier molecular flexibility index (Phi) is 4.39. The van der Waals surface area contributed by atoms with Crippen LogP contribution in [0.4, 0.5) is 0 Å². The smallest absolute Gasteiger partial charge is 0.0957 e. The van der Waals surface area contributed by atoms with E-state index >= 15 is 0 Å². The predicted octanol–water partition coefficient (Wildman–Crippen LogP) is 3.98. The molecule has 0 radical (unpaired) electrons. The third kappa shape index (κ3) is 3.12. The number of nitrogens with zero attached hydrogens (tertiary/aromatic N) is 1. The fourth-order valence-electron chi connectivity index (χ4n) is 1.66. The van der Waals surface area contributed by atoms with E-state index in [-0.39, 0.29) is 0 Å². The van der Waals surface area contributed by atoms with Gasteiger partial charge in [0.25, 0.3) is 0 Å². The number of hydrogen-bond donors (Lipinski definition) is 1. The van der Waals surface area contributed by atoms with E-state index in [1.165, 1.54) is 10.5 Å². The summed E-state index contributed by atoms with van der Waals surface area (Å²) >= 11 is 1.70. The molecule has 0 saturated carbocycles. The van der Waals surface area contributed by atoms with Crippen molar-refractivity contribution in [2.24, 2.45) is 0 Å². The summed E-state index contributed by atoms with van der Waals surface area (Å²) in [5.41, 5.74) is 2.01. The molecule has 1 atom stereocenters. The first kappa shape index (κ1) is 13.1. The number of benzene rings is 1. The van der Waals surface area contributed by atoms with Crippen molar-refractivity contribution in [1.82, 2.24) is 4.98 Å². The van der Waals surface area contributed by atoms with Gasteiger partial charge in [0.1, 0.15) is 0 Å². The maximum absolute atomic E-state index is 9.68. The first-order chi connectivity index (χ1) is 8.70. The lowest BCUT2D eigenvalue weighted by Gasteiger charge is -2.08. The highest BCUT2D eigenvalue weighted by atomic mass is 32.2. The second-order valence-corrected chi connectivity index (χ2v) is 5.33. The van der Waals surface area contributed by atoms with Gasteiger partial charge in [-0.15, -0.1) is 0 Å². The average molecular weight is 259 g/mol. The molecule has 0 aliphatic heterocycles. The standard InChI is InChI=1S/C15H17NOS/c1-3-14(17)13-9-8-12(10-16-13)18-15-7-5-4-6-11(15)2/h4-10,14,17H,3H2,1-2H3/t14-/m1/s1. The molecule has 2 rings (SSSR count). The molecular weight excluding hydrogens is 242 g/mol. The van der Waals surface area contributed by atoms with Crippen LogP contribution in [0.2, 0.25) is 0 Å². The van der Waals surface area contributed by atoms with Crippen LogP contribution in [0.25, 0.3) is 0 Å². The molecule has 1 N–H and O–H groups in total. The summed E-state index contributed by atoms with van der Waals surface area (Å²) in [5, 5.41) is 9.68. The van der Waals surface area contributed by atoms with Crippen LogP contribution in [0.1, 0.15) is 30.7 Å². The number of aryl methyl sites for hydroxylation is 1. The van der Waals surface area contributed by atoms with Crippen molar-refractivity contribution in [3.8, 4) is 0 Å². The van der Waals surface area contributed by atoms with Gasteiger partial charge in [-0.3, -0.25) is 4.98 Å². The van der Waals surface area contributed by atoms with Crippen molar-refractivity contribution in [2.75, 3.05) is 0 Å². The summed E-state index contributed by atoms with van der Waals surface area (Å²) in [5.74, 6) is 0. The van der Waals surface area contributed by atoms with E-state index in [2.05, 4.69) is 24.0 Å². The number of aromatic nitrogens is 1. The van der Waals surface area contributed by atoms with Crippen LogP contribution in [-0.4, -0.2) is 10.1 Å². The van der Waals surface area contributed by atoms with Gasteiger partial charge in [0, 0.05) is 16.0 Å². The minimum absolute atomic E-state index is 0.456. The molecule has 94 valence electrons. The molecule has 0 saturated heterocycles. The third-order valence-electron chi connectivity index (χ3n) is 2.81. The van der Waals surface area contributed by atoms with Crippen molar-refractivity contribution in [3.05, 3.63) is 53.9 Å². The van der Waals surface area contributed by atoms with Crippen molar-refractivity contribution >= 4 is 11.8 Å². The lowest BCUT2D eigenvalue weighted by Crippen LogP contribution is -1.97. The summed E-state index contributed by atoms with van der Waals surface area (Å²) in [7, 11) is 0. The molecule has 1 heterocycles. The quantitative estimate of drug-likeness (QED) is 0.901. The van der Waals surface area contributed by atoms with Crippen LogP contribution in [0, 0.1) is 6.92 Å². The molecule has 0 amide bonds. The maximum Gasteiger partial charge on any atom is 0.0957 e. The largest absolute Gasteiger partial charge is 0.387 e. The molecule has 0 spiro atoms. The van der Waals surface area contributed by atoms with Gasteiger partial charge in [-0.25, -0.2) is 0 Å². The highest BCUT2D eigenvalue weighted by Gasteiger charge is 2.06. The van der Waals surface area contributed by atoms with E-state index in [9.17, 15) is 5.11 Å². The van der Waals surface area contributed by atoms with Gasteiger partial charge in [0.05, 0.1) is 11.8 Å².